The molecule has 5 heterocycles. The van der Waals surface area contributed by atoms with Crippen LogP contribution in [0, 0.1) is 11.8 Å². The van der Waals surface area contributed by atoms with E-state index in [1.807, 2.05) is 30.4 Å². The highest BCUT2D eigenvalue weighted by Crippen LogP contribution is 2.34. The molecule has 8 nitrogen and oxygen atoms in total. The first-order valence-electron chi connectivity index (χ1n) is 12.6. The van der Waals surface area contributed by atoms with E-state index in [9.17, 15) is 4.79 Å². The van der Waals surface area contributed by atoms with E-state index in [4.69, 9.17) is 10.1 Å². The summed E-state index contributed by atoms with van der Waals surface area (Å²) in [5.74, 6) is 6.00. The average Bonchev–Trinajstić information content (AvgIpc) is 3.55. The van der Waals surface area contributed by atoms with Crippen molar-refractivity contribution in [2.45, 2.75) is 65.2 Å². The summed E-state index contributed by atoms with van der Waals surface area (Å²) in [4.78, 5) is 28.3. The zero-order valence-electron chi connectivity index (χ0n) is 21.6. The van der Waals surface area contributed by atoms with Crippen LogP contribution in [0.5, 0.6) is 0 Å². The van der Waals surface area contributed by atoms with Gasteiger partial charge in [-0.1, -0.05) is 19.8 Å². The van der Waals surface area contributed by atoms with Crippen molar-refractivity contribution in [1.82, 2.24) is 29.2 Å². The Morgan fingerprint density at radius 3 is 2.75 bits per heavy atom. The Balaban J connectivity index is 1.50. The van der Waals surface area contributed by atoms with Crippen LogP contribution >= 0.6 is 11.3 Å². The predicted octanol–water partition coefficient (Wildman–Crippen LogP) is 4.20. The van der Waals surface area contributed by atoms with Gasteiger partial charge in [-0.15, -0.1) is 17.3 Å². The Labute approximate surface area is 215 Å². The molecule has 0 aromatic carbocycles. The minimum Gasteiger partial charge on any atom is -0.364 e. The van der Waals surface area contributed by atoms with Crippen molar-refractivity contribution < 1.29 is 0 Å². The summed E-state index contributed by atoms with van der Waals surface area (Å²) in [5, 5.41) is 4.86. The number of nitrogens with zero attached hydrogens (tertiary/aromatic N) is 7. The first kappa shape index (κ1) is 24.5. The molecule has 3 atom stereocenters. The zero-order chi connectivity index (χ0) is 25.4. The molecule has 0 radical (unpaired) electrons. The number of hydrogen-bond donors (Lipinski definition) is 0. The molecule has 0 amide bonds. The first-order valence-corrected chi connectivity index (χ1v) is 13.5. The molecule has 4 aromatic heterocycles. The van der Waals surface area contributed by atoms with Crippen molar-refractivity contribution in [3.05, 3.63) is 46.0 Å². The molecule has 1 aliphatic rings. The number of aryl methyl sites for hydroxylation is 1. The maximum Gasteiger partial charge on any atom is 0.252 e. The Hall–Kier alpha value is -3.22. The SMILES string of the molecule is CC#CCn1cc2c(n1)c(N1C[C@@H](CC)N([C@H](C)c3ccc4ncsc4n3)C[C@@H]1CC)cc(=O)n2C. The fourth-order valence-corrected chi connectivity index (χ4v) is 5.99. The van der Waals surface area contributed by atoms with Gasteiger partial charge in [-0.2, -0.15) is 5.10 Å². The normalized spacial score (nSPS) is 19.5. The highest BCUT2D eigenvalue weighted by Gasteiger charge is 2.36. The van der Waals surface area contributed by atoms with Gasteiger partial charge in [-0.25, -0.2) is 9.97 Å². The highest BCUT2D eigenvalue weighted by atomic mass is 32.1. The predicted molar refractivity (Wildman–Crippen MR) is 146 cm³/mol. The van der Waals surface area contributed by atoms with Crippen LogP contribution < -0.4 is 10.5 Å². The van der Waals surface area contributed by atoms with E-state index in [1.54, 1.807) is 22.0 Å². The monoisotopic (exact) mass is 503 g/mol. The van der Waals surface area contributed by atoms with Gasteiger partial charge in [0.05, 0.1) is 34.1 Å². The Bertz CT molecular complexity index is 1510. The Kier molecular flexibility index (Phi) is 6.82. The summed E-state index contributed by atoms with van der Waals surface area (Å²) in [6.07, 6.45) is 3.91. The lowest BCUT2D eigenvalue weighted by atomic mass is 9.98. The van der Waals surface area contributed by atoms with Gasteiger partial charge in [-0.3, -0.25) is 14.4 Å². The van der Waals surface area contributed by atoms with Crippen LogP contribution in [0.4, 0.5) is 5.69 Å². The summed E-state index contributed by atoms with van der Waals surface area (Å²) in [6, 6.07) is 6.73. The number of rotatable bonds is 6. The number of hydrogen-bond acceptors (Lipinski definition) is 7. The number of anilines is 1. The van der Waals surface area contributed by atoms with Crippen LogP contribution in [-0.2, 0) is 13.6 Å². The molecule has 0 aliphatic carbocycles. The molecule has 0 spiro atoms. The molecule has 0 unspecified atom stereocenters. The van der Waals surface area contributed by atoms with Crippen LogP contribution in [0.25, 0.3) is 21.4 Å². The summed E-state index contributed by atoms with van der Waals surface area (Å²) in [7, 11) is 1.81. The van der Waals surface area contributed by atoms with E-state index in [0.717, 1.165) is 58.7 Å². The fraction of sp³-hybridized carbons (Fsp3) is 0.481. The quantitative estimate of drug-likeness (QED) is 0.367. The summed E-state index contributed by atoms with van der Waals surface area (Å²) in [5.41, 5.74) is 6.52. The van der Waals surface area contributed by atoms with E-state index in [1.165, 1.54) is 0 Å². The second-order valence-electron chi connectivity index (χ2n) is 9.48. The van der Waals surface area contributed by atoms with E-state index in [-0.39, 0.29) is 17.6 Å². The lowest BCUT2D eigenvalue weighted by Crippen LogP contribution is -2.58. The third-order valence-electron chi connectivity index (χ3n) is 7.49. The van der Waals surface area contributed by atoms with Gasteiger partial charge in [0.2, 0.25) is 0 Å². The maximum absolute atomic E-state index is 13.0. The third-order valence-corrected chi connectivity index (χ3v) is 8.22. The smallest absolute Gasteiger partial charge is 0.252 e. The van der Waals surface area contributed by atoms with Gasteiger partial charge in [0.25, 0.3) is 5.56 Å². The molecule has 1 saturated heterocycles. The molecule has 188 valence electrons. The van der Waals surface area contributed by atoms with Gasteiger partial charge in [0.15, 0.2) is 0 Å². The number of piperazine rings is 1. The molecule has 1 fully saturated rings. The van der Waals surface area contributed by atoms with Gasteiger partial charge < -0.3 is 9.47 Å². The summed E-state index contributed by atoms with van der Waals surface area (Å²) in [6.45, 7) is 10.8. The fourth-order valence-electron chi connectivity index (χ4n) is 5.32. The maximum atomic E-state index is 13.0. The van der Waals surface area contributed by atoms with Crippen LogP contribution in [0.2, 0.25) is 0 Å². The second kappa shape index (κ2) is 10.0. The van der Waals surface area contributed by atoms with Crippen molar-refractivity contribution in [3.8, 4) is 11.8 Å². The van der Waals surface area contributed by atoms with E-state index < -0.39 is 0 Å². The number of pyridine rings is 2. The van der Waals surface area contributed by atoms with Gasteiger partial charge in [0.1, 0.15) is 16.9 Å². The Morgan fingerprint density at radius 1 is 1.19 bits per heavy atom. The van der Waals surface area contributed by atoms with Crippen LogP contribution in [0.1, 0.15) is 52.3 Å². The van der Waals surface area contributed by atoms with Crippen molar-refractivity contribution in [1.29, 1.82) is 0 Å². The van der Waals surface area contributed by atoms with Gasteiger partial charge >= 0.3 is 0 Å². The summed E-state index contributed by atoms with van der Waals surface area (Å²) >= 11 is 1.59. The zero-order valence-corrected chi connectivity index (χ0v) is 22.4. The van der Waals surface area contributed by atoms with Crippen LogP contribution in [-0.4, -0.2) is 54.4 Å². The molecule has 36 heavy (non-hydrogen) atoms. The highest BCUT2D eigenvalue weighted by molar-refractivity contribution is 7.16. The summed E-state index contributed by atoms with van der Waals surface area (Å²) < 4.78 is 3.52. The van der Waals surface area contributed by atoms with Gasteiger partial charge in [-0.05, 0) is 38.8 Å². The molecule has 0 saturated carbocycles. The molecule has 0 bridgehead atoms. The minimum absolute atomic E-state index is 0.0145. The average molecular weight is 504 g/mol. The van der Waals surface area contributed by atoms with Crippen LogP contribution in [0.3, 0.4) is 0 Å². The van der Waals surface area contributed by atoms with Crippen molar-refractivity contribution >= 4 is 38.4 Å². The van der Waals surface area contributed by atoms with E-state index >= 15 is 0 Å². The lowest BCUT2D eigenvalue weighted by Gasteiger charge is -2.49. The van der Waals surface area contributed by atoms with Crippen molar-refractivity contribution in [3.63, 3.8) is 0 Å². The molecule has 0 N–H and O–H groups in total. The molecule has 9 heteroatoms. The molecule has 4 aromatic rings. The largest absolute Gasteiger partial charge is 0.364 e. The minimum atomic E-state index is -0.0145. The lowest BCUT2D eigenvalue weighted by molar-refractivity contribution is 0.0993. The van der Waals surface area contributed by atoms with Crippen LogP contribution in [0.15, 0.2) is 34.7 Å². The second-order valence-corrected chi connectivity index (χ2v) is 10.3. The first-order chi connectivity index (χ1) is 17.4. The molecular formula is C27H33N7OS. The number of aromatic nitrogens is 5. The number of fused-ring (bicyclic) bond motifs is 2. The molecule has 1 aliphatic heterocycles. The Morgan fingerprint density at radius 2 is 2.00 bits per heavy atom. The van der Waals surface area contributed by atoms with E-state index in [0.29, 0.717) is 12.6 Å². The molecular weight excluding hydrogens is 470 g/mol. The number of thiazole rings is 1. The van der Waals surface area contributed by atoms with Crippen molar-refractivity contribution in [2.75, 3.05) is 18.0 Å². The topological polar surface area (TPSA) is 72.1 Å². The standard InChI is InChI=1S/C27H33N7OS/c1-6-9-12-32-16-24-26(30-32)23(13-25(35)31(24)5)34-15-19(7-2)33(14-20(34)8-3)18(4)21-10-11-22-27(29-21)36-17-28-22/h10-11,13,16-20H,7-8,12,14-15H2,1-5H3/t18-,19-,20+/m1/s1. The molecule has 5 rings (SSSR count). The van der Waals surface area contributed by atoms with Gasteiger partial charge in [0, 0.05) is 44.3 Å². The van der Waals surface area contributed by atoms with Crippen molar-refractivity contribution in [2.24, 2.45) is 7.05 Å². The third kappa shape index (κ3) is 4.29. The van der Waals surface area contributed by atoms with E-state index in [2.05, 4.69) is 59.5 Å².